The van der Waals surface area contributed by atoms with Crippen molar-refractivity contribution < 1.29 is 17.9 Å². The van der Waals surface area contributed by atoms with Crippen LogP contribution < -0.4 is 14.4 Å². The normalized spacial score (nSPS) is 11.1. The van der Waals surface area contributed by atoms with E-state index in [4.69, 9.17) is 4.74 Å². The third-order valence-corrected chi connectivity index (χ3v) is 6.80. The molecule has 7 heteroatoms. The van der Waals surface area contributed by atoms with Crippen LogP contribution in [0.25, 0.3) is 0 Å². The molecule has 0 radical (unpaired) electrons. The first kappa shape index (κ1) is 22.4. The van der Waals surface area contributed by atoms with Gasteiger partial charge in [-0.2, -0.15) is 0 Å². The maximum Gasteiger partial charge on any atom is 0.268 e. The number of ether oxygens (including phenoxy) is 1. The van der Waals surface area contributed by atoms with Gasteiger partial charge in [-0.05, 0) is 73.9 Å². The summed E-state index contributed by atoms with van der Waals surface area (Å²) >= 11 is 0. The summed E-state index contributed by atoms with van der Waals surface area (Å²) in [6, 6.07) is 19.1. The Balaban J connectivity index is 1.98. The molecule has 0 atom stereocenters. The summed E-state index contributed by atoms with van der Waals surface area (Å²) in [4.78, 5) is 12.9. The van der Waals surface area contributed by atoms with E-state index in [2.05, 4.69) is 5.32 Å². The Morgan fingerprint density at radius 1 is 0.935 bits per heavy atom. The Morgan fingerprint density at radius 2 is 1.65 bits per heavy atom. The van der Waals surface area contributed by atoms with Crippen molar-refractivity contribution >= 4 is 27.3 Å². The molecule has 0 saturated carbocycles. The third-order valence-electron chi connectivity index (χ3n) is 5.01. The first-order valence-electron chi connectivity index (χ1n) is 9.82. The van der Waals surface area contributed by atoms with Crippen molar-refractivity contribution in [3.05, 3.63) is 83.4 Å². The number of nitrogens with one attached hydrogen (secondary N) is 1. The van der Waals surface area contributed by atoms with Crippen LogP contribution in [0.5, 0.6) is 5.75 Å². The van der Waals surface area contributed by atoms with Crippen LogP contribution in [-0.2, 0) is 14.8 Å². The van der Waals surface area contributed by atoms with Crippen molar-refractivity contribution in [3.8, 4) is 5.75 Å². The summed E-state index contributed by atoms with van der Waals surface area (Å²) in [5.41, 5.74) is 3.92. The first-order chi connectivity index (χ1) is 14.7. The second-order valence-corrected chi connectivity index (χ2v) is 9.18. The minimum Gasteiger partial charge on any atom is -0.495 e. The van der Waals surface area contributed by atoms with Gasteiger partial charge in [-0.1, -0.05) is 30.3 Å². The fourth-order valence-electron chi connectivity index (χ4n) is 3.16. The molecule has 1 N–H and O–H groups in total. The van der Waals surface area contributed by atoms with Gasteiger partial charge in [0.25, 0.3) is 10.0 Å². The molecule has 0 aliphatic heterocycles. The van der Waals surface area contributed by atoms with Gasteiger partial charge < -0.3 is 10.1 Å². The van der Waals surface area contributed by atoms with E-state index in [1.165, 1.54) is 7.11 Å². The third kappa shape index (κ3) is 5.06. The van der Waals surface area contributed by atoms with Gasteiger partial charge in [-0.25, -0.2) is 8.42 Å². The molecular formula is C24H26N2O4S. The van der Waals surface area contributed by atoms with Crippen LogP contribution in [-0.4, -0.2) is 28.0 Å². The first-order valence-corrected chi connectivity index (χ1v) is 11.3. The molecular weight excluding hydrogens is 412 g/mol. The molecule has 1 amide bonds. The van der Waals surface area contributed by atoms with Gasteiger partial charge in [0.2, 0.25) is 5.91 Å². The van der Waals surface area contributed by atoms with Crippen molar-refractivity contribution in [2.24, 2.45) is 0 Å². The van der Waals surface area contributed by atoms with Crippen molar-refractivity contribution in [1.82, 2.24) is 0 Å². The Bertz CT molecular complexity index is 1190. The van der Waals surface area contributed by atoms with E-state index < -0.39 is 15.9 Å². The molecule has 162 valence electrons. The number of hydrogen-bond acceptors (Lipinski definition) is 4. The second-order valence-electron chi connectivity index (χ2n) is 7.35. The zero-order chi connectivity index (χ0) is 22.6. The van der Waals surface area contributed by atoms with E-state index in [9.17, 15) is 13.2 Å². The molecule has 3 aromatic rings. The Kier molecular flexibility index (Phi) is 6.65. The second kappa shape index (κ2) is 9.22. The average molecular weight is 439 g/mol. The fraction of sp³-hybridized carbons (Fsp3) is 0.208. The Hall–Kier alpha value is -3.32. The number of benzene rings is 3. The highest BCUT2D eigenvalue weighted by Gasteiger charge is 2.30. The largest absolute Gasteiger partial charge is 0.495 e. The lowest BCUT2D eigenvalue weighted by molar-refractivity contribution is -0.114. The maximum absolute atomic E-state index is 13.6. The molecule has 0 aromatic heterocycles. The van der Waals surface area contributed by atoms with E-state index in [-0.39, 0.29) is 17.2 Å². The number of amides is 1. The molecule has 0 fully saturated rings. The van der Waals surface area contributed by atoms with Crippen LogP contribution in [0.1, 0.15) is 16.7 Å². The zero-order valence-corrected chi connectivity index (χ0v) is 18.9. The number of rotatable bonds is 7. The lowest BCUT2D eigenvalue weighted by atomic mass is 10.1. The van der Waals surface area contributed by atoms with Gasteiger partial charge in [0.15, 0.2) is 0 Å². The topological polar surface area (TPSA) is 75.7 Å². The van der Waals surface area contributed by atoms with Crippen molar-refractivity contribution in [2.75, 3.05) is 23.3 Å². The monoisotopic (exact) mass is 438 g/mol. The molecule has 31 heavy (non-hydrogen) atoms. The quantitative estimate of drug-likeness (QED) is 0.591. The molecule has 6 nitrogen and oxygen atoms in total. The molecule has 0 aliphatic rings. The van der Waals surface area contributed by atoms with Gasteiger partial charge in [0.1, 0.15) is 17.2 Å². The van der Waals surface area contributed by atoms with E-state index in [0.717, 1.165) is 21.0 Å². The van der Waals surface area contributed by atoms with Crippen molar-refractivity contribution in [1.29, 1.82) is 0 Å². The molecule has 0 spiro atoms. The van der Waals surface area contributed by atoms with Crippen LogP contribution in [0, 0.1) is 20.8 Å². The predicted octanol–water partition coefficient (Wildman–Crippen LogP) is 4.45. The lowest BCUT2D eigenvalue weighted by Gasteiger charge is -2.25. The highest BCUT2D eigenvalue weighted by molar-refractivity contribution is 7.93. The average Bonchev–Trinajstić information content (AvgIpc) is 2.75. The number of sulfonamides is 1. The smallest absolute Gasteiger partial charge is 0.268 e. The van der Waals surface area contributed by atoms with Crippen LogP contribution in [0.4, 0.5) is 11.4 Å². The van der Waals surface area contributed by atoms with E-state index in [1.807, 2.05) is 26.0 Å². The Labute approximate surface area is 183 Å². The van der Waals surface area contributed by atoms with E-state index in [0.29, 0.717) is 11.4 Å². The number of aryl methyl sites for hydroxylation is 3. The highest BCUT2D eigenvalue weighted by Crippen LogP contribution is 2.30. The van der Waals surface area contributed by atoms with Gasteiger partial charge in [0, 0.05) is 5.69 Å². The van der Waals surface area contributed by atoms with Crippen LogP contribution in [0.2, 0.25) is 0 Å². The van der Waals surface area contributed by atoms with E-state index in [1.54, 1.807) is 61.5 Å². The molecule has 0 heterocycles. The standard InChI is InChI=1S/C24H26N2O4S/c1-17-10-13-22(30-4)23(14-17)31(28,29)26(21-8-6-5-7-9-21)16-24(27)25-20-12-11-18(2)19(3)15-20/h5-15H,16H2,1-4H3,(H,25,27). The molecule has 0 saturated heterocycles. The Morgan fingerprint density at radius 3 is 2.29 bits per heavy atom. The number of methoxy groups -OCH3 is 1. The van der Waals surface area contributed by atoms with Crippen LogP contribution in [0.3, 0.4) is 0 Å². The van der Waals surface area contributed by atoms with Gasteiger partial charge in [0.05, 0.1) is 12.8 Å². The fourth-order valence-corrected chi connectivity index (χ4v) is 4.83. The lowest BCUT2D eigenvalue weighted by Crippen LogP contribution is -2.38. The summed E-state index contributed by atoms with van der Waals surface area (Å²) in [6.45, 7) is 5.36. The van der Waals surface area contributed by atoms with Crippen molar-refractivity contribution in [3.63, 3.8) is 0 Å². The van der Waals surface area contributed by atoms with E-state index >= 15 is 0 Å². The molecule has 0 unspecified atom stereocenters. The molecule has 0 aliphatic carbocycles. The molecule has 3 aromatic carbocycles. The van der Waals surface area contributed by atoms with Crippen LogP contribution in [0.15, 0.2) is 71.6 Å². The molecule has 3 rings (SSSR count). The van der Waals surface area contributed by atoms with Crippen LogP contribution >= 0.6 is 0 Å². The SMILES string of the molecule is COc1ccc(C)cc1S(=O)(=O)N(CC(=O)Nc1ccc(C)c(C)c1)c1ccccc1. The van der Waals surface area contributed by atoms with Gasteiger partial charge in [-0.3, -0.25) is 9.10 Å². The maximum atomic E-state index is 13.6. The number of hydrogen-bond donors (Lipinski definition) is 1. The summed E-state index contributed by atoms with van der Waals surface area (Å²) in [5.74, 6) is -0.219. The summed E-state index contributed by atoms with van der Waals surface area (Å²) in [6.07, 6.45) is 0. The minimum absolute atomic E-state index is 0.0119. The number of para-hydroxylation sites is 1. The predicted molar refractivity (Wildman–Crippen MR) is 123 cm³/mol. The number of carbonyl (C=O) groups excluding carboxylic acids is 1. The zero-order valence-electron chi connectivity index (χ0n) is 18.0. The highest BCUT2D eigenvalue weighted by atomic mass is 32.2. The summed E-state index contributed by atoms with van der Waals surface area (Å²) in [5, 5.41) is 2.80. The number of carbonyl (C=O) groups is 1. The van der Waals surface area contributed by atoms with Gasteiger partial charge in [-0.15, -0.1) is 0 Å². The van der Waals surface area contributed by atoms with Crippen molar-refractivity contribution in [2.45, 2.75) is 25.7 Å². The van der Waals surface area contributed by atoms with Gasteiger partial charge >= 0.3 is 0 Å². The minimum atomic E-state index is -4.07. The number of anilines is 2. The molecule has 0 bridgehead atoms. The summed E-state index contributed by atoms with van der Waals surface area (Å²) < 4.78 is 33.6. The number of nitrogens with zero attached hydrogens (tertiary/aromatic N) is 1. The summed E-state index contributed by atoms with van der Waals surface area (Å²) in [7, 11) is -2.65.